The average Bonchev–Trinajstić information content (AvgIpc) is 3.31. The maximum atomic E-state index is 12.2. The molecule has 0 spiro atoms. The first-order valence-electron chi connectivity index (χ1n) is 10.8. The fourth-order valence-electron chi connectivity index (χ4n) is 3.85. The van der Waals surface area contributed by atoms with Gasteiger partial charge < -0.3 is 20.0 Å². The van der Waals surface area contributed by atoms with Crippen LogP contribution < -0.4 is 10.6 Å². The molecule has 0 bridgehead atoms. The molecule has 7 heteroatoms. The molecule has 2 N–H and O–H groups in total. The summed E-state index contributed by atoms with van der Waals surface area (Å²) in [6.07, 6.45) is 2.69. The number of benzene rings is 1. The van der Waals surface area contributed by atoms with E-state index < -0.39 is 0 Å². The highest BCUT2D eigenvalue weighted by molar-refractivity contribution is 5.85. The molecule has 162 valence electrons. The highest BCUT2D eigenvalue weighted by atomic mass is 16.3. The second-order valence-corrected chi connectivity index (χ2v) is 7.38. The topological polar surface area (TPSA) is 73.1 Å². The van der Waals surface area contributed by atoms with Crippen molar-refractivity contribution in [2.75, 3.05) is 39.3 Å². The summed E-state index contributed by atoms with van der Waals surface area (Å²) in [6.45, 7) is 9.29. The summed E-state index contributed by atoms with van der Waals surface area (Å²) in [4.78, 5) is 21.5. The van der Waals surface area contributed by atoms with Gasteiger partial charge in [0.1, 0.15) is 12.3 Å². The standard InChI is InChI=1S/C23H33N5O2/c1-3-21(19-9-6-5-7-10-19)27-12-14-28(15-13-27)23(24-4-2)26-18-22(29)25-17-20-11-8-16-30-20/h5-11,16,21H,3-4,12-15,17-18H2,1-2H3,(H,24,26)(H,25,29). The molecule has 2 aromatic rings. The van der Waals surface area contributed by atoms with Crippen LogP contribution in [0.4, 0.5) is 0 Å². The number of amides is 1. The van der Waals surface area contributed by atoms with Gasteiger partial charge in [0.15, 0.2) is 5.96 Å². The molecule has 1 aromatic carbocycles. The third kappa shape index (κ3) is 6.10. The van der Waals surface area contributed by atoms with Crippen molar-refractivity contribution in [2.45, 2.75) is 32.9 Å². The fourth-order valence-corrected chi connectivity index (χ4v) is 3.85. The van der Waals surface area contributed by atoms with E-state index in [1.165, 1.54) is 5.56 Å². The number of furan rings is 1. The van der Waals surface area contributed by atoms with Crippen molar-refractivity contribution in [1.82, 2.24) is 20.4 Å². The maximum absolute atomic E-state index is 12.2. The van der Waals surface area contributed by atoms with Crippen LogP contribution in [0.2, 0.25) is 0 Å². The Morgan fingerprint density at radius 2 is 1.83 bits per heavy atom. The van der Waals surface area contributed by atoms with Crippen molar-refractivity contribution in [3.63, 3.8) is 0 Å². The summed E-state index contributed by atoms with van der Waals surface area (Å²) in [5.74, 6) is 1.42. The number of carbonyl (C=O) groups excluding carboxylic acids is 1. The van der Waals surface area contributed by atoms with Crippen LogP contribution in [-0.4, -0.2) is 60.9 Å². The second kappa shape index (κ2) is 11.4. The smallest absolute Gasteiger partial charge is 0.242 e. The van der Waals surface area contributed by atoms with E-state index in [0.29, 0.717) is 12.6 Å². The first-order chi connectivity index (χ1) is 14.7. The van der Waals surface area contributed by atoms with Gasteiger partial charge in [0, 0.05) is 38.8 Å². The van der Waals surface area contributed by atoms with E-state index >= 15 is 0 Å². The largest absolute Gasteiger partial charge is 0.467 e. The Bertz CT molecular complexity index is 783. The van der Waals surface area contributed by atoms with Crippen LogP contribution in [0.1, 0.15) is 37.6 Å². The summed E-state index contributed by atoms with van der Waals surface area (Å²) in [5, 5.41) is 6.16. The van der Waals surface area contributed by atoms with E-state index in [1.807, 2.05) is 19.1 Å². The quantitative estimate of drug-likeness (QED) is 0.516. The molecule has 7 nitrogen and oxygen atoms in total. The number of nitrogens with one attached hydrogen (secondary N) is 2. The third-order valence-corrected chi connectivity index (χ3v) is 5.37. The summed E-state index contributed by atoms with van der Waals surface area (Å²) in [6, 6.07) is 14.8. The van der Waals surface area contributed by atoms with Gasteiger partial charge in [-0.2, -0.15) is 0 Å². The number of aliphatic imine (C=N–C) groups is 1. The van der Waals surface area contributed by atoms with Crippen LogP contribution in [-0.2, 0) is 11.3 Å². The zero-order valence-corrected chi connectivity index (χ0v) is 18.0. The molecule has 1 amide bonds. The molecule has 2 heterocycles. The summed E-state index contributed by atoms with van der Waals surface area (Å²) >= 11 is 0. The van der Waals surface area contributed by atoms with E-state index in [1.54, 1.807) is 6.26 Å². The zero-order valence-electron chi connectivity index (χ0n) is 18.0. The molecular formula is C23H33N5O2. The number of nitrogens with zero attached hydrogens (tertiary/aromatic N) is 3. The Morgan fingerprint density at radius 1 is 1.07 bits per heavy atom. The molecule has 3 rings (SSSR count). The summed E-state index contributed by atoms with van der Waals surface area (Å²) in [5.41, 5.74) is 1.38. The molecule has 1 saturated heterocycles. The number of piperazine rings is 1. The van der Waals surface area contributed by atoms with Crippen LogP contribution in [0.15, 0.2) is 58.1 Å². The predicted molar refractivity (Wildman–Crippen MR) is 119 cm³/mol. The molecular weight excluding hydrogens is 378 g/mol. The first kappa shape index (κ1) is 21.9. The molecule has 1 fully saturated rings. The van der Waals surface area contributed by atoms with Crippen LogP contribution in [0.3, 0.4) is 0 Å². The van der Waals surface area contributed by atoms with Crippen molar-refractivity contribution in [1.29, 1.82) is 0 Å². The van der Waals surface area contributed by atoms with Gasteiger partial charge in [-0.1, -0.05) is 37.3 Å². The maximum Gasteiger partial charge on any atom is 0.242 e. The Labute approximate surface area is 179 Å². The van der Waals surface area contributed by atoms with Gasteiger partial charge in [0.05, 0.1) is 12.8 Å². The predicted octanol–water partition coefficient (Wildman–Crippen LogP) is 2.63. The minimum absolute atomic E-state index is 0.102. The van der Waals surface area contributed by atoms with Crippen molar-refractivity contribution in [3.8, 4) is 0 Å². The summed E-state index contributed by atoms with van der Waals surface area (Å²) in [7, 11) is 0. The van der Waals surface area contributed by atoms with Gasteiger partial charge >= 0.3 is 0 Å². The summed E-state index contributed by atoms with van der Waals surface area (Å²) < 4.78 is 5.24. The van der Waals surface area contributed by atoms with Gasteiger partial charge in [0.2, 0.25) is 5.91 Å². The number of rotatable bonds is 8. The Hall–Kier alpha value is -2.80. The van der Waals surface area contributed by atoms with Gasteiger partial charge in [0.25, 0.3) is 0 Å². The van der Waals surface area contributed by atoms with Gasteiger partial charge in [-0.05, 0) is 31.0 Å². The lowest BCUT2D eigenvalue weighted by Crippen LogP contribution is -2.53. The Kier molecular flexibility index (Phi) is 8.32. The number of guanidine groups is 1. The van der Waals surface area contributed by atoms with E-state index in [2.05, 4.69) is 62.7 Å². The normalized spacial score (nSPS) is 16.3. The molecule has 30 heavy (non-hydrogen) atoms. The minimum atomic E-state index is -0.115. The van der Waals surface area contributed by atoms with Crippen molar-refractivity contribution >= 4 is 11.9 Å². The second-order valence-electron chi connectivity index (χ2n) is 7.38. The van der Waals surface area contributed by atoms with Crippen LogP contribution in [0.25, 0.3) is 0 Å². The van der Waals surface area contributed by atoms with E-state index in [0.717, 1.165) is 50.9 Å². The molecule has 0 radical (unpaired) electrons. The van der Waals surface area contributed by atoms with Crippen LogP contribution in [0.5, 0.6) is 0 Å². The highest BCUT2D eigenvalue weighted by Gasteiger charge is 2.25. The van der Waals surface area contributed by atoms with E-state index in [-0.39, 0.29) is 12.5 Å². The lowest BCUT2D eigenvalue weighted by Gasteiger charge is -2.40. The molecule has 1 unspecified atom stereocenters. The van der Waals surface area contributed by atoms with Crippen molar-refractivity contribution in [2.24, 2.45) is 4.99 Å². The Morgan fingerprint density at radius 3 is 2.47 bits per heavy atom. The molecule has 1 aliphatic heterocycles. The van der Waals surface area contributed by atoms with E-state index in [4.69, 9.17) is 4.42 Å². The molecule has 0 saturated carbocycles. The SMILES string of the molecule is CCNC(=NCC(=O)NCc1ccco1)N1CCN(C(CC)c2ccccc2)CC1. The molecule has 0 aliphatic carbocycles. The first-order valence-corrected chi connectivity index (χ1v) is 10.8. The Balaban J connectivity index is 1.52. The fraction of sp³-hybridized carbons (Fsp3) is 0.478. The van der Waals surface area contributed by atoms with Crippen LogP contribution in [0, 0.1) is 0 Å². The number of hydrogen-bond acceptors (Lipinski definition) is 4. The number of hydrogen-bond donors (Lipinski definition) is 2. The van der Waals surface area contributed by atoms with Gasteiger partial charge in [-0.15, -0.1) is 0 Å². The van der Waals surface area contributed by atoms with Crippen LogP contribution >= 0.6 is 0 Å². The minimum Gasteiger partial charge on any atom is -0.467 e. The highest BCUT2D eigenvalue weighted by Crippen LogP contribution is 2.25. The van der Waals surface area contributed by atoms with Crippen molar-refractivity contribution < 1.29 is 9.21 Å². The molecule has 1 aliphatic rings. The molecule has 1 aromatic heterocycles. The lowest BCUT2D eigenvalue weighted by molar-refractivity contribution is -0.119. The van der Waals surface area contributed by atoms with Gasteiger partial charge in [-0.3, -0.25) is 9.69 Å². The average molecular weight is 412 g/mol. The van der Waals surface area contributed by atoms with Gasteiger partial charge in [-0.25, -0.2) is 4.99 Å². The third-order valence-electron chi connectivity index (χ3n) is 5.37. The van der Waals surface area contributed by atoms with Crippen molar-refractivity contribution in [3.05, 3.63) is 60.1 Å². The monoisotopic (exact) mass is 411 g/mol. The molecule has 1 atom stereocenters. The zero-order chi connectivity index (χ0) is 21.2. The van der Waals surface area contributed by atoms with E-state index in [9.17, 15) is 4.79 Å². The number of carbonyl (C=O) groups is 1. The lowest BCUT2D eigenvalue weighted by atomic mass is 10.0.